The molecule has 2 rings (SSSR count). The first-order valence-electron chi connectivity index (χ1n) is 5.27. The van der Waals surface area contributed by atoms with E-state index >= 15 is 0 Å². The van der Waals surface area contributed by atoms with E-state index in [-0.39, 0.29) is 5.91 Å². The van der Waals surface area contributed by atoms with Gasteiger partial charge in [-0.15, -0.1) is 0 Å². The van der Waals surface area contributed by atoms with Crippen molar-refractivity contribution in [3.05, 3.63) is 18.0 Å². The van der Waals surface area contributed by atoms with Crippen LogP contribution < -0.4 is 15.5 Å². The Morgan fingerprint density at radius 2 is 2.25 bits per heavy atom. The molecule has 86 valence electrons. The van der Waals surface area contributed by atoms with Crippen LogP contribution >= 0.6 is 0 Å². The van der Waals surface area contributed by atoms with E-state index in [1.54, 1.807) is 12.4 Å². The molecule has 0 aliphatic carbocycles. The van der Waals surface area contributed by atoms with Crippen molar-refractivity contribution in [3.8, 4) is 0 Å². The summed E-state index contributed by atoms with van der Waals surface area (Å²) in [6.07, 6.45) is 3.57. The molecule has 0 bridgehead atoms. The smallest absolute Gasteiger partial charge is 0.239 e. The highest BCUT2D eigenvalue weighted by atomic mass is 16.2. The number of amides is 1. The zero-order valence-electron chi connectivity index (χ0n) is 9.23. The molecule has 1 fully saturated rings. The number of hydrogen-bond acceptors (Lipinski definition) is 5. The van der Waals surface area contributed by atoms with E-state index in [0.717, 1.165) is 18.7 Å². The van der Waals surface area contributed by atoms with Crippen LogP contribution in [0.1, 0.15) is 5.56 Å². The number of anilines is 1. The molecule has 2 heterocycles. The van der Waals surface area contributed by atoms with Crippen molar-refractivity contribution in [1.29, 1.82) is 0 Å². The molecule has 0 aromatic carbocycles. The van der Waals surface area contributed by atoms with E-state index < -0.39 is 0 Å². The minimum Gasteiger partial charge on any atom is -0.353 e. The molecule has 6 nitrogen and oxygen atoms in total. The quantitative estimate of drug-likeness (QED) is 0.694. The molecular weight excluding hydrogens is 206 g/mol. The van der Waals surface area contributed by atoms with Gasteiger partial charge >= 0.3 is 0 Å². The molecule has 0 atom stereocenters. The predicted molar refractivity (Wildman–Crippen MR) is 60.0 cm³/mol. The topological polar surface area (TPSA) is 70.2 Å². The molecular formula is C10H15N5O. The van der Waals surface area contributed by atoms with Gasteiger partial charge in [-0.25, -0.2) is 9.97 Å². The molecule has 1 aliphatic rings. The van der Waals surface area contributed by atoms with Crippen molar-refractivity contribution < 1.29 is 4.79 Å². The zero-order valence-corrected chi connectivity index (χ0v) is 9.23. The Bertz CT molecular complexity index is 364. The summed E-state index contributed by atoms with van der Waals surface area (Å²) in [4.78, 5) is 21.6. The fraction of sp³-hybridized carbons (Fsp3) is 0.500. The third kappa shape index (κ3) is 2.46. The van der Waals surface area contributed by atoms with E-state index in [4.69, 9.17) is 0 Å². The Kier molecular flexibility index (Phi) is 3.31. The number of nitrogens with zero attached hydrogens (tertiary/aromatic N) is 3. The minimum absolute atomic E-state index is 0.0224. The van der Waals surface area contributed by atoms with E-state index in [1.807, 2.05) is 11.9 Å². The first kappa shape index (κ1) is 10.8. The minimum atomic E-state index is 0.0224. The van der Waals surface area contributed by atoms with E-state index in [9.17, 15) is 4.79 Å². The highest BCUT2D eigenvalue weighted by Crippen LogP contribution is 2.07. The SMILES string of the molecule is CNCc1cnc(N2CCNC(=O)C2)nc1. The summed E-state index contributed by atoms with van der Waals surface area (Å²) < 4.78 is 0. The van der Waals surface area contributed by atoms with Crippen LogP contribution in [0, 0.1) is 0 Å². The molecule has 1 aliphatic heterocycles. The number of rotatable bonds is 3. The Balaban J connectivity index is 2.05. The average molecular weight is 221 g/mol. The molecule has 0 radical (unpaired) electrons. The predicted octanol–water partition coefficient (Wildman–Crippen LogP) is -0.868. The van der Waals surface area contributed by atoms with Crippen molar-refractivity contribution in [2.24, 2.45) is 0 Å². The molecule has 0 unspecified atom stereocenters. The second kappa shape index (κ2) is 4.89. The maximum atomic E-state index is 11.2. The Morgan fingerprint density at radius 1 is 1.50 bits per heavy atom. The van der Waals surface area contributed by atoms with Crippen LogP contribution in [0.3, 0.4) is 0 Å². The molecule has 1 aromatic heterocycles. The molecule has 1 aromatic rings. The number of piperazine rings is 1. The van der Waals surface area contributed by atoms with Crippen molar-refractivity contribution >= 4 is 11.9 Å². The molecule has 0 spiro atoms. The molecule has 16 heavy (non-hydrogen) atoms. The fourth-order valence-corrected chi connectivity index (χ4v) is 1.62. The van der Waals surface area contributed by atoms with Crippen molar-refractivity contribution in [3.63, 3.8) is 0 Å². The van der Waals surface area contributed by atoms with Gasteiger partial charge in [0.05, 0.1) is 6.54 Å². The average Bonchev–Trinajstić information content (AvgIpc) is 2.30. The van der Waals surface area contributed by atoms with Crippen LogP contribution in [0.2, 0.25) is 0 Å². The lowest BCUT2D eigenvalue weighted by Crippen LogP contribution is -2.48. The van der Waals surface area contributed by atoms with Gasteiger partial charge in [0.15, 0.2) is 0 Å². The first-order chi connectivity index (χ1) is 7.79. The van der Waals surface area contributed by atoms with Crippen LogP contribution in [-0.2, 0) is 11.3 Å². The summed E-state index contributed by atoms with van der Waals surface area (Å²) in [6, 6.07) is 0. The van der Waals surface area contributed by atoms with Crippen LogP contribution in [0.15, 0.2) is 12.4 Å². The first-order valence-corrected chi connectivity index (χ1v) is 5.27. The largest absolute Gasteiger partial charge is 0.353 e. The van der Waals surface area contributed by atoms with Gasteiger partial charge in [-0.3, -0.25) is 4.79 Å². The molecule has 2 N–H and O–H groups in total. The summed E-state index contributed by atoms with van der Waals surface area (Å²) in [5.41, 5.74) is 1.03. The van der Waals surface area contributed by atoms with Crippen LogP contribution in [0.25, 0.3) is 0 Å². The standard InChI is InChI=1S/C10H15N5O/c1-11-4-8-5-13-10(14-6-8)15-3-2-12-9(16)7-15/h5-6,11H,2-4,7H2,1H3,(H,12,16). The molecule has 6 heteroatoms. The number of carbonyl (C=O) groups excluding carboxylic acids is 1. The molecule has 1 saturated heterocycles. The van der Waals surface area contributed by atoms with Gasteiger partial charge in [-0.2, -0.15) is 0 Å². The lowest BCUT2D eigenvalue weighted by molar-refractivity contribution is -0.120. The summed E-state index contributed by atoms with van der Waals surface area (Å²) in [5.74, 6) is 0.642. The van der Waals surface area contributed by atoms with Crippen molar-refractivity contribution in [2.45, 2.75) is 6.54 Å². The van der Waals surface area contributed by atoms with Gasteiger partial charge in [-0.05, 0) is 7.05 Å². The highest BCUT2D eigenvalue weighted by molar-refractivity contribution is 5.81. The second-order valence-electron chi connectivity index (χ2n) is 3.69. The van der Waals surface area contributed by atoms with Gasteiger partial charge in [0.2, 0.25) is 11.9 Å². The molecule has 1 amide bonds. The van der Waals surface area contributed by atoms with Gasteiger partial charge in [0, 0.05) is 37.6 Å². The second-order valence-corrected chi connectivity index (χ2v) is 3.69. The van der Waals surface area contributed by atoms with E-state index in [1.165, 1.54) is 0 Å². The number of hydrogen-bond donors (Lipinski definition) is 2. The van der Waals surface area contributed by atoms with E-state index in [2.05, 4.69) is 20.6 Å². The highest BCUT2D eigenvalue weighted by Gasteiger charge is 2.18. The number of carbonyl (C=O) groups is 1. The van der Waals surface area contributed by atoms with Crippen molar-refractivity contribution in [1.82, 2.24) is 20.6 Å². The summed E-state index contributed by atoms with van der Waals surface area (Å²) >= 11 is 0. The van der Waals surface area contributed by atoms with Crippen LogP contribution in [-0.4, -0.2) is 42.6 Å². The van der Waals surface area contributed by atoms with E-state index in [0.29, 0.717) is 19.0 Å². The lowest BCUT2D eigenvalue weighted by atomic mass is 10.3. The maximum absolute atomic E-state index is 11.2. The number of nitrogens with one attached hydrogen (secondary N) is 2. The van der Waals surface area contributed by atoms with Crippen molar-refractivity contribution in [2.75, 3.05) is 31.6 Å². The summed E-state index contributed by atoms with van der Waals surface area (Å²) in [5, 5.41) is 5.80. The summed E-state index contributed by atoms with van der Waals surface area (Å²) in [6.45, 7) is 2.50. The zero-order chi connectivity index (χ0) is 11.4. The molecule has 0 saturated carbocycles. The fourth-order valence-electron chi connectivity index (χ4n) is 1.62. The lowest BCUT2D eigenvalue weighted by Gasteiger charge is -2.26. The van der Waals surface area contributed by atoms with Gasteiger partial charge in [0.25, 0.3) is 0 Å². The Labute approximate surface area is 94.1 Å². The van der Waals surface area contributed by atoms with Crippen LogP contribution in [0.5, 0.6) is 0 Å². The third-order valence-electron chi connectivity index (χ3n) is 2.39. The Morgan fingerprint density at radius 3 is 2.88 bits per heavy atom. The van der Waals surface area contributed by atoms with Gasteiger partial charge in [-0.1, -0.05) is 0 Å². The van der Waals surface area contributed by atoms with Crippen LogP contribution in [0.4, 0.5) is 5.95 Å². The summed E-state index contributed by atoms with van der Waals surface area (Å²) in [7, 11) is 1.88. The third-order valence-corrected chi connectivity index (χ3v) is 2.39. The van der Waals surface area contributed by atoms with Gasteiger partial charge < -0.3 is 15.5 Å². The maximum Gasteiger partial charge on any atom is 0.239 e. The number of aromatic nitrogens is 2. The monoisotopic (exact) mass is 221 g/mol. The normalized spacial score (nSPS) is 16.1. The van der Waals surface area contributed by atoms with Gasteiger partial charge in [0.1, 0.15) is 0 Å². The Hall–Kier alpha value is -1.69.